The Kier molecular flexibility index (Phi) is 2.77. The van der Waals surface area contributed by atoms with Gasteiger partial charge < -0.3 is 4.74 Å². The van der Waals surface area contributed by atoms with Crippen LogP contribution < -0.4 is 0 Å². The normalized spacial score (nSPS) is 8.33. The average molecular weight is 85.1 g/mol. The van der Waals surface area contributed by atoms with Crippen molar-refractivity contribution in [3.05, 3.63) is 19.1 Å². The van der Waals surface area contributed by atoms with Crippen LogP contribution in [0.25, 0.3) is 0 Å². The zero-order valence-electron chi connectivity index (χ0n) is 4.03. The first-order chi connectivity index (χ1) is 2.77. The van der Waals surface area contributed by atoms with Crippen LogP contribution in [0.3, 0.4) is 0 Å². The largest absolute Gasteiger partial charge is 0.380 e. The van der Waals surface area contributed by atoms with Gasteiger partial charge in [-0.3, -0.25) is 0 Å². The first-order valence-corrected chi connectivity index (χ1v) is 1.76. The van der Waals surface area contributed by atoms with Crippen LogP contribution in [0.1, 0.15) is 0 Å². The number of rotatable bonds is 2. The summed E-state index contributed by atoms with van der Waals surface area (Å²) in [6, 6.07) is 0. The predicted molar refractivity (Wildman–Crippen MR) is 26.4 cm³/mol. The van der Waals surface area contributed by atoms with Crippen LogP contribution >= 0.6 is 0 Å². The molecule has 6 heavy (non-hydrogen) atoms. The summed E-state index contributed by atoms with van der Waals surface area (Å²) in [6.07, 6.45) is 0. The Morgan fingerprint density at radius 3 is 2.33 bits per heavy atom. The van der Waals surface area contributed by atoms with E-state index < -0.39 is 0 Å². The van der Waals surface area contributed by atoms with Gasteiger partial charge in [-0.25, -0.2) is 0 Å². The van der Waals surface area contributed by atoms with Gasteiger partial charge in [0.15, 0.2) is 0 Å². The van der Waals surface area contributed by atoms with Gasteiger partial charge in [0.1, 0.15) is 0 Å². The van der Waals surface area contributed by atoms with E-state index in [0.717, 1.165) is 5.57 Å². The van der Waals surface area contributed by atoms with E-state index in [2.05, 4.69) is 18.2 Å². The van der Waals surface area contributed by atoms with Crippen molar-refractivity contribution in [2.75, 3.05) is 13.7 Å². The smallest absolute Gasteiger partial charge is 0.0670 e. The van der Waals surface area contributed by atoms with Crippen LogP contribution in [-0.2, 0) is 4.74 Å². The second kappa shape index (κ2) is 2.91. The molecule has 0 aromatic heterocycles. The molecule has 0 bridgehead atoms. The lowest BCUT2D eigenvalue weighted by Crippen LogP contribution is -1.85. The summed E-state index contributed by atoms with van der Waals surface area (Å²) in [6.45, 7) is 7.59. The van der Waals surface area contributed by atoms with Gasteiger partial charge in [-0.2, -0.15) is 0 Å². The fraction of sp³-hybridized carbons (Fsp3) is 0.400. The lowest BCUT2D eigenvalue weighted by molar-refractivity contribution is 0.228. The molecule has 0 saturated heterocycles. The molecule has 0 aliphatic carbocycles. The summed E-state index contributed by atoms with van der Waals surface area (Å²) < 4.78 is 4.64. The van der Waals surface area contributed by atoms with Gasteiger partial charge in [-0.05, 0) is 6.92 Å². The van der Waals surface area contributed by atoms with Gasteiger partial charge in [0.25, 0.3) is 0 Å². The van der Waals surface area contributed by atoms with E-state index in [9.17, 15) is 0 Å². The molecule has 0 aliphatic heterocycles. The van der Waals surface area contributed by atoms with Crippen molar-refractivity contribution < 1.29 is 4.74 Å². The fourth-order valence-corrected chi connectivity index (χ4v) is 0.204. The molecule has 0 spiro atoms. The van der Waals surface area contributed by atoms with E-state index in [1.165, 1.54) is 0 Å². The molecule has 0 aliphatic rings. The highest BCUT2D eigenvalue weighted by molar-refractivity contribution is 4.96. The molecule has 0 amide bonds. The van der Waals surface area contributed by atoms with Crippen LogP contribution in [0.5, 0.6) is 0 Å². The van der Waals surface area contributed by atoms with Crippen LogP contribution in [0, 0.1) is 6.92 Å². The summed E-state index contributed by atoms with van der Waals surface area (Å²) in [5.74, 6) is 0. The Labute approximate surface area is 38.6 Å². The van der Waals surface area contributed by atoms with Gasteiger partial charge in [0, 0.05) is 7.11 Å². The molecule has 0 aromatic rings. The first-order valence-electron chi connectivity index (χ1n) is 1.76. The summed E-state index contributed by atoms with van der Waals surface area (Å²) in [7, 11) is 1.62. The van der Waals surface area contributed by atoms with E-state index in [1.807, 2.05) is 0 Å². The van der Waals surface area contributed by atoms with E-state index in [0.29, 0.717) is 6.61 Å². The minimum absolute atomic E-state index is 0.569. The van der Waals surface area contributed by atoms with Gasteiger partial charge in [0.05, 0.1) is 6.61 Å². The molecule has 0 N–H and O–H groups in total. The van der Waals surface area contributed by atoms with E-state index in [-0.39, 0.29) is 0 Å². The van der Waals surface area contributed by atoms with E-state index in [1.54, 1.807) is 7.11 Å². The maximum Gasteiger partial charge on any atom is 0.0670 e. The molecule has 0 aromatic carbocycles. The van der Waals surface area contributed by atoms with Crippen molar-refractivity contribution in [3.63, 3.8) is 0 Å². The Morgan fingerprint density at radius 1 is 1.83 bits per heavy atom. The first kappa shape index (κ1) is 5.70. The Hall–Kier alpha value is -0.300. The highest BCUT2D eigenvalue weighted by Gasteiger charge is 1.75. The molecule has 0 atom stereocenters. The number of ether oxygens (including phenoxy) is 1. The van der Waals surface area contributed by atoms with Crippen molar-refractivity contribution in [2.24, 2.45) is 0 Å². The van der Waals surface area contributed by atoms with Crippen molar-refractivity contribution in [3.8, 4) is 0 Å². The zero-order valence-corrected chi connectivity index (χ0v) is 4.03. The van der Waals surface area contributed by atoms with Crippen molar-refractivity contribution in [2.45, 2.75) is 0 Å². The van der Waals surface area contributed by atoms with Crippen molar-refractivity contribution >= 4 is 0 Å². The summed E-state index contributed by atoms with van der Waals surface area (Å²) in [5.41, 5.74) is 0.817. The average Bonchev–Trinajstić information content (AvgIpc) is 1.35. The molecular formula is C5H9O. The van der Waals surface area contributed by atoms with Gasteiger partial charge in [-0.1, -0.05) is 12.2 Å². The third kappa shape index (κ3) is 3.70. The molecule has 1 radical (unpaired) electrons. The van der Waals surface area contributed by atoms with Gasteiger partial charge >= 0.3 is 0 Å². The molecule has 35 valence electrons. The van der Waals surface area contributed by atoms with Crippen LogP contribution in [0.2, 0.25) is 0 Å². The highest BCUT2D eigenvalue weighted by atomic mass is 16.5. The molecule has 1 heteroatoms. The Bertz CT molecular complexity index is 47.9. The highest BCUT2D eigenvalue weighted by Crippen LogP contribution is 1.81. The summed E-state index contributed by atoms with van der Waals surface area (Å²) in [4.78, 5) is 0. The maximum atomic E-state index is 4.64. The molecule has 0 heterocycles. The third-order valence-corrected chi connectivity index (χ3v) is 0.348. The Balaban J connectivity index is 2.83. The van der Waals surface area contributed by atoms with Gasteiger partial charge in [0.2, 0.25) is 0 Å². The van der Waals surface area contributed by atoms with E-state index >= 15 is 0 Å². The molecule has 0 saturated carbocycles. The second-order valence-corrected chi connectivity index (χ2v) is 1.18. The fourth-order valence-electron chi connectivity index (χ4n) is 0.204. The SMILES string of the molecule is [CH2]C(=C)COC. The number of hydrogen-bond donors (Lipinski definition) is 0. The number of methoxy groups -OCH3 is 1. The predicted octanol–water partition coefficient (Wildman–Crippen LogP) is 1.02. The molecule has 1 nitrogen and oxygen atoms in total. The van der Waals surface area contributed by atoms with E-state index in [4.69, 9.17) is 0 Å². The summed E-state index contributed by atoms with van der Waals surface area (Å²) in [5, 5.41) is 0. The molecule has 0 unspecified atom stereocenters. The lowest BCUT2D eigenvalue weighted by Gasteiger charge is -1.90. The zero-order chi connectivity index (χ0) is 4.99. The maximum absolute atomic E-state index is 4.64. The molecular weight excluding hydrogens is 76.1 g/mol. The monoisotopic (exact) mass is 85.1 g/mol. The quantitative estimate of drug-likeness (QED) is 0.486. The molecule has 0 rings (SSSR count). The third-order valence-electron chi connectivity index (χ3n) is 0.348. The molecule has 0 fully saturated rings. The standard InChI is InChI=1S/C5H9O/c1-5(2)4-6-3/h1-2,4H2,3H3. The minimum atomic E-state index is 0.569. The minimum Gasteiger partial charge on any atom is -0.380 e. The van der Waals surface area contributed by atoms with Crippen LogP contribution in [-0.4, -0.2) is 13.7 Å². The second-order valence-electron chi connectivity index (χ2n) is 1.18. The topological polar surface area (TPSA) is 9.23 Å². The lowest BCUT2D eigenvalue weighted by atomic mass is 10.4. The number of hydrogen-bond acceptors (Lipinski definition) is 1. The summed E-state index contributed by atoms with van der Waals surface area (Å²) >= 11 is 0. The van der Waals surface area contributed by atoms with Gasteiger partial charge in [-0.15, -0.1) is 0 Å². The Morgan fingerprint density at radius 2 is 2.33 bits per heavy atom. The van der Waals surface area contributed by atoms with Crippen molar-refractivity contribution in [1.82, 2.24) is 0 Å². The van der Waals surface area contributed by atoms with Crippen molar-refractivity contribution in [1.29, 1.82) is 0 Å². The van der Waals surface area contributed by atoms with Crippen LogP contribution in [0.15, 0.2) is 12.2 Å². The van der Waals surface area contributed by atoms with Crippen LogP contribution in [0.4, 0.5) is 0 Å².